The lowest BCUT2D eigenvalue weighted by Gasteiger charge is -2.48. The number of imidazole rings is 1. The number of hydrogen-bond acceptors (Lipinski definition) is 4. The van der Waals surface area contributed by atoms with E-state index in [0.29, 0.717) is 19.5 Å². The summed E-state index contributed by atoms with van der Waals surface area (Å²) in [5.41, 5.74) is 1.05. The second-order valence-corrected chi connectivity index (χ2v) is 7.03. The maximum absolute atomic E-state index is 12.3. The Kier molecular flexibility index (Phi) is 5.18. The summed E-state index contributed by atoms with van der Waals surface area (Å²) >= 11 is 0. The molecule has 0 radical (unpaired) electrons. The predicted octanol–water partition coefficient (Wildman–Crippen LogP) is 0.566. The van der Waals surface area contributed by atoms with E-state index in [2.05, 4.69) is 9.97 Å². The van der Waals surface area contributed by atoms with Gasteiger partial charge in [-0.1, -0.05) is 0 Å². The highest BCUT2D eigenvalue weighted by Gasteiger charge is 2.42. The number of likely N-dealkylation sites (tertiary alicyclic amines) is 2. The molecule has 2 N–H and O–H groups in total. The smallest absolute Gasteiger partial charge is 0.224 e. The first-order chi connectivity index (χ1) is 11.6. The monoisotopic (exact) mass is 334 g/mol. The zero-order valence-electron chi connectivity index (χ0n) is 14.0. The molecule has 3 rings (SSSR count). The van der Waals surface area contributed by atoms with Crippen LogP contribution in [0.25, 0.3) is 0 Å². The van der Waals surface area contributed by atoms with Crippen LogP contribution in [0.4, 0.5) is 0 Å². The van der Waals surface area contributed by atoms with E-state index in [-0.39, 0.29) is 30.3 Å². The van der Waals surface area contributed by atoms with Gasteiger partial charge in [0.1, 0.15) is 0 Å². The molecule has 0 unspecified atom stereocenters. The number of aliphatic hydroxyl groups is 1. The number of aromatic amines is 1. The molecule has 1 atom stereocenters. The summed E-state index contributed by atoms with van der Waals surface area (Å²) in [5, 5.41) is 9.00. The van der Waals surface area contributed by atoms with Crippen molar-refractivity contribution in [2.24, 2.45) is 5.41 Å². The SMILES string of the molecule is O=C(CCO)N1CCC[C@@]2(CCC(=O)N(CCc3cnc[nH]3)C2)C1. The molecule has 0 aliphatic carbocycles. The van der Waals surface area contributed by atoms with E-state index in [9.17, 15) is 9.59 Å². The van der Waals surface area contributed by atoms with Gasteiger partial charge < -0.3 is 19.9 Å². The molecule has 3 heterocycles. The molecule has 2 saturated heterocycles. The topological polar surface area (TPSA) is 89.5 Å². The minimum Gasteiger partial charge on any atom is -0.396 e. The first kappa shape index (κ1) is 17.0. The van der Waals surface area contributed by atoms with Crippen LogP contribution < -0.4 is 0 Å². The fourth-order valence-corrected chi connectivity index (χ4v) is 3.99. The number of H-pyrrole nitrogens is 1. The summed E-state index contributed by atoms with van der Waals surface area (Å²) in [4.78, 5) is 35.3. The van der Waals surface area contributed by atoms with Crippen molar-refractivity contribution in [3.63, 3.8) is 0 Å². The van der Waals surface area contributed by atoms with Crippen LogP contribution >= 0.6 is 0 Å². The summed E-state index contributed by atoms with van der Waals surface area (Å²) in [6, 6.07) is 0. The lowest BCUT2D eigenvalue weighted by Crippen LogP contribution is -2.55. The van der Waals surface area contributed by atoms with Gasteiger partial charge in [0.2, 0.25) is 11.8 Å². The van der Waals surface area contributed by atoms with Gasteiger partial charge in [-0.3, -0.25) is 9.59 Å². The zero-order valence-corrected chi connectivity index (χ0v) is 14.0. The number of aromatic nitrogens is 2. The molecule has 1 spiro atoms. The van der Waals surface area contributed by atoms with Crippen molar-refractivity contribution in [2.75, 3.05) is 32.8 Å². The van der Waals surface area contributed by atoms with Gasteiger partial charge in [0.05, 0.1) is 12.9 Å². The van der Waals surface area contributed by atoms with Crippen molar-refractivity contribution >= 4 is 11.8 Å². The normalized spacial score (nSPS) is 24.6. The number of aliphatic hydroxyl groups excluding tert-OH is 1. The molecular formula is C17H26N4O3. The van der Waals surface area contributed by atoms with Crippen molar-refractivity contribution in [1.82, 2.24) is 19.8 Å². The average Bonchev–Trinajstić information content (AvgIpc) is 3.10. The molecule has 24 heavy (non-hydrogen) atoms. The van der Waals surface area contributed by atoms with Crippen LogP contribution in [0, 0.1) is 5.41 Å². The Morgan fingerprint density at radius 3 is 3.00 bits per heavy atom. The number of amides is 2. The fourth-order valence-electron chi connectivity index (χ4n) is 3.99. The van der Waals surface area contributed by atoms with Crippen LogP contribution in [-0.2, 0) is 16.0 Å². The van der Waals surface area contributed by atoms with Gasteiger partial charge in [-0.25, -0.2) is 4.98 Å². The van der Waals surface area contributed by atoms with E-state index in [1.165, 1.54) is 0 Å². The lowest BCUT2D eigenvalue weighted by atomic mass is 9.73. The largest absolute Gasteiger partial charge is 0.396 e. The second-order valence-electron chi connectivity index (χ2n) is 7.03. The summed E-state index contributed by atoms with van der Waals surface area (Å²) in [6.45, 7) is 2.79. The van der Waals surface area contributed by atoms with E-state index in [1.54, 1.807) is 12.5 Å². The second kappa shape index (κ2) is 7.34. The molecule has 2 aliphatic heterocycles. The molecule has 2 aliphatic rings. The lowest BCUT2D eigenvalue weighted by molar-refractivity contribution is -0.143. The summed E-state index contributed by atoms with van der Waals surface area (Å²) in [7, 11) is 0. The minimum atomic E-state index is -0.100. The molecule has 1 aromatic rings. The zero-order chi connectivity index (χ0) is 17.0. The maximum atomic E-state index is 12.3. The Hall–Kier alpha value is -1.89. The number of carbonyl (C=O) groups excluding carboxylic acids is 2. The van der Waals surface area contributed by atoms with E-state index in [0.717, 1.165) is 44.5 Å². The molecule has 0 saturated carbocycles. The minimum absolute atomic E-state index is 0.0191. The van der Waals surface area contributed by atoms with Crippen molar-refractivity contribution in [2.45, 2.75) is 38.5 Å². The number of carbonyl (C=O) groups is 2. The molecule has 2 fully saturated rings. The van der Waals surface area contributed by atoms with Gasteiger partial charge in [-0.05, 0) is 19.3 Å². The van der Waals surface area contributed by atoms with E-state index < -0.39 is 0 Å². The number of nitrogens with zero attached hydrogens (tertiary/aromatic N) is 3. The number of nitrogens with one attached hydrogen (secondary N) is 1. The van der Waals surface area contributed by atoms with Gasteiger partial charge in [0.25, 0.3) is 0 Å². The van der Waals surface area contributed by atoms with Crippen LogP contribution in [-0.4, -0.2) is 69.5 Å². The van der Waals surface area contributed by atoms with Crippen LogP contribution in [0.2, 0.25) is 0 Å². The quantitative estimate of drug-likeness (QED) is 0.824. The summed E-state index contributed by atoms with van der Waals surface area (Å²) < 4.78 is 0. The van der Waals surface area contributed by atoms with E-state index in [1.807, 2.05) is 9.80 Å². The molecule has 7 heteroatoms. The Morgan fingerprint density at radius 2 is 2.25 bits per heavy atom. The molecule has 2 amide bonds. The Labute approximate surface area is 142 Å². The predicted molar refractivity (Wildman–Crippen MR) is 88.1 cm³/mol. The molecule has 7 nitrogen and oxygen atoms in total. The van der Waals surface area contributed by atoms with Gasteiger partial charge in [0.15, 0.2) is 0 Å². The van der Waals surface area contributed by atoms with Crippen molar-refractivity contribution in [1.29, 1.82) is 0 Å². The average molecular weight is 334 g/mol. The molecule has 1 aromatic heterocycles. The van der Waals surface area contributed by atoms with Crippen molar-refractivity contribution < 1.29 is 14.7 Å². The number of hydrogen-bond donors (Lipinski definition) is 2. The number of piperidine rings is 2. The third kappa shape index (κ3) is 3.77. The highest BCUT2D eigenvalue weighted by molar-refractivity contribution is 5.78. The van der Waals surface area contributed by atoms with Gasteiger partial charge in [-0.2, -0.15) is 0 Å². The van der Waals surface area contributed by atoms with Crippen LogP contribution in [0.15, 0.2) is 12.5 Å². The van der Waals surface area contributed by atoms with Crippen LogP contribution in [0.3, 0.4) is 0 Å². The van der Waals surface area contributed by atoms with Crippen LogP contribution in [0.1, 0.15) is 37.8 Å². The third-order valence-electron chi connectivity index (χ3n) is 5.29. The first-order valence-corrected chi connectivity index (χ1v) is 8.76. The van der Waals surface area contributed by atoms with Gasteiger partial charge in [0, 0.05) is 62.7 Å². The first-order valence-electron chi connectivity index (χ1n) is 8.76. The van der Waals surface area contributed by atoms with E-state index >= 15 is 0 Å². The Balaban J connectivity index is 1.62. The highest BCUT2D eigenvalue weighted by Crippen LogP contribution is 2.39. The standard InChI is InChI=1S/C17H26N4O3/c22-9-4-16(24)20-7-1-5-17(11-20)6-2-15(23)21(12-17)8-3-14-10-18-13-19-14/h10,13,22H,1-9,11-12H2,(H,18,19)/t17-/m1/s1. The summed E-state index contributed by atoms with van der Waals surface area (Å²) in [6.07, 6.45) is 7.86. The Morgan fingerprint density at radius 1 is 1.38 bits per heavy atom. The highest BCUT2D eigenvalue weighted by atomic mass is 16.3. The van der Waals surface area contributed by atoms with Crippen molar-refractivity contribution in [3.8, 4) is 0 Å². The third-order valence-corrected chi connectivity index (χ3v) is 5.29. The molecule has 132 valence electrons. The Bertz CT molecular complexity index is 574. The van der Waals surface area contributed by atoms with Crippen LogP contribution in [0.5, 0.6) is 0 Å². The van der Waals surface area contributed by atoms with E-state index in [4.69, 9.17) is 5.11 Å². The molecule has 0 aromatic carbocycles. The molecule has 0 bridgehead atoms. The number of rotatable bonds is 5. The van der Waals surface area contributed by atoms with Gasteiger partial charge >= 0.3 is 0 Å². The van der Waals surface area contributed by atoms with Gasteiger partial charge in [-0.15, -0.1) is 0 Å². The fraction of sp³-hybridized carbons (Fsp3) is 0.706. The summed E-state index contributed by atoms with van der Waals surface area (Å²) in [5.74, 6) is 0.233. The molecular weight excluding hydrogens is 308 g/mol. The van der Waals surface area contributed by atoms with Crippen molar-refractivity contribution in [3.05, 3.63) is 18.2 Å². The maximum Gasteiger partial charge on any atom is 0.224 e.